The molecule has 24 heavy (non-hydrogen) atoms. The summed E-state index contributed by atoms with van der Waals surface area (Å²) in [5.41, 5.74) is 0. The van der Waals surface area contributed by atoms with Crippen LogP contribution < -0.4 is 0 Å². The molecule has 0 aromatic heterocycles. The van der Waals surface area contributed by atoms with E-state index in [9.17, 15) is 4.79 Å². The van der Waals surface area contributed by atoms with E-state index in [1.165, 1.54) is 57.8 Å². The highest BCUT2D eigenvalue weighted by molar-refractivity contribution is 5.66. The molecule has 0 rings (SSSR count). The first kappa shape index (κ1) is 22.4. The fourth-order valence-electron chi connectivity index (χ4n) is 2.31. The molecule has 0 radical (unpaired) electrons. The van der Waals surface area contributed by atoms with Crippen LogP contribution in [0.5, 0.6) is 0 Å². The van der Waals surface area contributed by atoms with Gasteiger partial charge in [-0.1, -0.05) is 81.2 Å². The van der Waals surface area contributed by atoms with Crippen molar-refractivity contribution in [1.29, 1.82) is 0 Å². The van der Waals surface area contributed by atoms with Crippen molar-refractivity contribution < 1.29 is 9.90 Å². The van der Waals surface area contributed by atoms with Gasteiger partial charge in [-0.05, 0) is 44.9 Å². The van der Waals surface area contributed by atoms with Gasteiger partial charge in [-0.15, -0.1) is 0 Å². The number of aliphatic carboxylic acids is 1. The summed E-state index contributed by atoms with van der Waals surface area (Å²) in [6.45, 7) is 2.26. The zero-order chi connectivity index (χ0) is 17.7. The van der Waals surface area contributed by atoms with Gasteiger partial charge in [-0.3, -0.25) is 4.79 Å². The predicted molar refractivity (Wildman–Crippen MR) is 105 cm³/mol. The van der Waals surface area contributed by atoms with E-state index in [0.29, 0.717) is 6.42 Å². The number of carboxylic acids is 1. The predicted octanol–water partition coefficient (Wildman–Crippen LogP) is 7.00. The Morgan fingerprint density at radius 1 is 0.667 bits per heavy atom. The summed E-state index contributed by atoms with van der Waals surface area (Å²) >= 11 is 0. The van der Waals surface area contributed by atoms with Crippen molar-refractivity contribution in [3.05, 3.63) is 48.6 Å². The lowest BCUT2D eigenvalue weighted by Crippen LogP contribution is -1.91. The molecule has 0 aliphatic carbocycles. The Morgan fingerprint density at radius 2 is 1.17 bits per heavy atom. The monoisotopic (exact) mass is 332 g/mol. The smallest absolute Gasteiger partial charge is 0.303 e. The largest absolute Gasteiger partial charge is 0.481 e. The van der Waals surface area contributed by atoms with E-state index in [2.05, 4.69) is 31.2 Å². The minimum Gasteiger partial charge on any atom is -0.481 e. The van der Waals surface area contributed by atoms with Crippen LogP contribution in [0, 0.1) is 0 Å². The Balaban J connectivity index is 3.35. The van der Waals surface area contributed by atoms with E-state index in [1.807, 2.05) is 24.3 Å². The van der Waals surface area contributed by atoms with Crippen molar-refractivity contribution in [1.82, 2.24) is 0 Å². The van der Waals surface area contributed by atoms with E-state index in [4.69, 9.17) is 5.11 Å². The maximum atomic E-state index is 10.3. The molecule has 0 aliphatic rings. The lowest BCUT2D eigenvalue weighted by molar-refractivity contribution is -0.136. The van der Waals surface area contributed by atoms with Gasteiger partial charge in [0.25, 0.3) is 0 Å². The standard InChI is InChI=1S/C22H36O2/c1-2-3-4-5-6-7-8-9-10-11-12-13-14-15-16-17-18-19-20-21-22(23)24/h8-9,14-19H,2-7,10-13,20-21H2,1H3,(H,23,24)/b9-8+,15-14+,17-16+,19-18+. The Kier molecular flexibility index (Phi) is 18.2. The second-order valence-electron chi connectivity index (χ2n) is 6.13. The molecule has 0 saturated heterocycles. The van der Waals surface area contributed by atoms with E-state index >= 15 is 0 Å². The lowest BCUT2D eigenvalue weighted by Gasteiger charge is -1.96. The summed E-state index contributed by atoms with van der Waals surface area (Å²) in [6, 6.07) is 0. The first-order valence-corrected chi connectivity index (χ1v) is 9.62. The molecule has 0 bridgehead atoms. The summed E-state index contributed by atoms with van der Waals surface area (Å²) in [5, 5.41) is 8.49. The number of hydrogen-bond donors (Lipinski definition) is 1. The number of carbonyl (C=O) groups is 1. The van der Waals surface area contributed by atoms with Crippen LogP contribution in [0.4, 0.5) is 0 Å². The summed E-state index contributed by atoms with van der Waals surface area (Å²) in [6.07, 6.45) is 30.4. The molecule has 0 unspecified atom stereocenters. The van der Waals surface area contributed by atoms with Crippen molar-refractivity contribution in [2.75, 3.05) is 0 Å². The molecule has 136 valence electrons. The van der Waals surface area contributed by atoms with E-state index in [0.717, 1.165) is 6.42 Å². The molecule has 2 nitrogen and oxygen atoms in total. The quantitative estimate of drug-likeness (QED) is 0.188. The highest BCUT2D eigenvalue weighted by atomic mass is 16.4. The second kappa shape index (κ2) is 19.5. The van der Waals surface area contributed by atoms with Crippen LogP contribution in [0.3, 0.4) is 0 Å². The van der Waals surface area contributed by atoms with Gasteiger partial charge in [0.05, 0.1) is 0 Å². The van der Waals surface area contributed by atoms with Crippen LogP contribution in [0.1, 0.15) is 84.0 Å². The Bertz CT molecular complexity index is 389. The molecule has 0 aromatic carbocycles. The van der Waals surface area contributed by atoms with Crippen LogP contribution in [0.25, 0.3) is 0 Å². The number of rotatable bonds is 16. The maximum absolute atomic E-state index is 10.3. The first-order chi connectivity index (χ1) is 11.8. The molecule has 0 heterocycles. The van der Waals surface area contributed by atoms with E-state index in [1.54, 1.807) is 0 Å². The van der Waals surface area contributed by atoms with Gasteiger partial charge in [0, 0.05) is 6.42 Å². The van der Waals surface area contributed by atoms with Gasteiger partial charge in [0.15, 0.2) is 0 Å². The average molecular weight is 333 g/mol. The Morgan fingerprint density at radius 3 is 1.75 bits per heavy atom. The highest BCUT2D eigenvalue weighted by Crippen LogP contribution is 2.07. The van der Waals surface area contributed by atoms with Gasteiger partial charge in [0.2, 0.25) is 0 Å². The zero-order valence-electron chi connectivity index (χ0n) is 15.5. The average Bonchev–Trinajstić information content (AvgIpc) is 2.56. The van der Waals surface area contributed by atoms with Gasteiger partial charge in [-0.2, -0.15) is 0 Å². The Hall–Kier alpha value is -1.57. The van der Waals surface area contributed by atoms with Crippen LogP contribution in [-0.4, -0.2) is 11.1 Å². The summed E-state index contributed by atoms with van der Waals surface area (Å²) in [4.78, 5) is 10.3. The first-order valence-electron chi connectivity index (χ1n) is 9.62. The van der Waals surface area contributed by atoms with Crippen LogP contribution in [-0.2, 0) is 4.79 Å². The van der Waals surface area contributed by atoms with Crippen molar-refractivity contribution in [3.8, 4) is 0 Å². The molecule has 0 aliphatic heterocycles. The zero-order valence-corrected chi connectivity index (χ0v) is 15.5. The third kappa shape index (κ3) is 20.4. The van der Waals surface area contributed by atoms with Crippen molar-refractivity contribution in [3.63, 3.8) is 0 Å². The molecule has 0 spiro atoms. The van der Waals surface area contributed by atoms with Gasteiger partial charge in [-0.25, -0.2) is 0 Å². The number of unbranched alkanes of at least 4 members (excludes halogenated alkanes) is 8. The molecule has 0 fully saturated rings. The van der Waals surface area contributed by atoms with E-state index < -0.39 is 5.97 Å². The number of carboxylic acid groups (broad SMARTS) is 1. The number of allylic oxidation sites excluding steroid dienone is 8. The summed E-state index contributed by atoms with van der Waals surface area (Å²) in [7, 11) is 0. The van der Waals surface area contributed by atoms with Crippen molar-refractivity contribution in [2.24, 2.45) is 0 Å². The topological polar surface area (TPSA) is 37.3 Å². The Labute approximate surface area is 149 Å². The van der Waals surface area contributed by atoms with Gasteiger partial charge >= 0.3 is 5.97 Å². The third-order valence-electron chi connectivity index (χ3n) is 3.76. The fourth-order valence-corrected chi connectivity index (χ4v) is 2.31. The molecule has 2 heteroatoms. The van der Waals surface area contributed by atoms with Gasteiger partial charge < -0.3 is 5.11 Å². The molecule has 0 saturated carbocycles. The molecule has 0 atom stereocenters. The molecule has 1 N–H and O–H groups in total. The summed E-state index contributed by atoms with van der Waals surface area (Å²) in [5.74, 6) is -0.745. The lowest BCUT2D eigenvalue weighted by atomic mass is 10.1. The number of hydrogen-bond acceptors (Lipinski definition) is 1. The normalized spacial score (nSPS) is 12.4. The molecular weight excluding hydrogens is 296 g/mol. The van der Waals surface area contributed by atoms with Crippen molar-refractivity contribution >= 4 is 5.97 Å². The van der Waals surface area contributed by atoms with Crippen LogP contribution in [0.15, 0.2) is 48.6 Å². The van der Waals surface area contributed by atoms with Crippen LogP contribution >= 0.6 is 0 Å². The second-order valence-corrected chi connectivity index (χ2v) is 6.13. The maximum Gasteiger partial charge on any atom is 0.303 e. The minimum atomic E-state index is -0.745. The highest BCUT2D eigenvalue weighted by Gasteiger charge is 1.90. The SMILES string of the molecule is CCCCCCC/C=C/CCCC/C=C/C=C/C=C/CCC(=O)O. The minimum absolute atomic E-state index is 0.202. The van der Waals surface area contributed by atoms with Crippen LogP contribution in [0.2, 0.25) is 0 Å². The molecule has 0 amide bonds. The van der Waals surface area contributed by atoms with Crippen molar-refractivity contribution in [2.45, 2.75) is 84.0 Å². The summed E-state index contributed by atoms with van der Waals surface area (Å²) < 4.78 is 0. The third-order valence-corrected chi connectivity index (χ3v) is 3.76. The van der Waals surface area contributed by atoms with Gasteiger partial charge in [0.1, 0.15) is 0 Å². The fraction of sp³-hybridized carbons (Fsp3) is 0.591. The molecule has 0 aromatic rings. The van der Waals surface area contributed by atoms with E-state index in [-0.39, 0.29) is 6.42 Å². The molecular formula is C22H36O2.